The Balaban J connectivity index is 1.63. The van der Waals surface area contributed by atoms with Crippen LogP contribution in [0.5, 0.6) is 11.5 Å². The topological polar surface area (TPSA) is 63.9 Å². The number of benzene rings is 1. The van der Waals surface area contributed by atoms with E-state index in [4.69, 9.17) is 26.1 Å². The molecule has 1 aromatic carbocycles. The number of nitrogens with zero attached hydrogens (tertiary/aromatic N) is 1. The maximum atomic E-state index is 11.9. The Hall–Kier alpha value is -2.80. The zero-order chi connectivity index (χ0) is 17.1. The molecule has 24 heavy (non-hydrogen) atoms. The number of furan rings is 1. The van der Waals surface area contributed by atoms with Crippen LogP contribution >= 0.6 is 12.2 Å². The highest BCUT2D eigenvalue weighted by Gasteiger charge is 2.27. The zero-order valence-corrected chi connectivity index (χ0v) is 14.1. The average molecular weight is 344 g/mol. The van der Waals surface area contributed by atoms with Crippen molar-refractivity contribution in [1.29, 1.82) is 0 Å². The quantitative estimate of drug-likeness (QED) is 0.664. The largest absolute Gasteiger partial charge is 0.497 e. The average Bonchev–Trinajstić information content (AvgIpc) is 3.14. The molecule has 1 fully saturated rings. The van der Waals surface area contributed by atoms with Crippen molar-refractivity contribution >= 4 is 29.3 Å². The SMILES string of the molecule is COc1ccc(OCc2ccc(/C=C3/NC(=S)N(C)C3=O)o2)cc1. The van der Waals surface area contributed by atoms with Crippen LogP contribution in [0.2, 0.25) is 0 Å². The molecule has 0 unspecified atom stereocenters. The Morgan fingerprint density at radius 1 is 1.21 bits per heavy atom. The van der Waals surface area contributed by atoms with Crippen molar-refractivity contribution < 1.29 is 18.7 Å². The lowest BCUT2D eigenvalue weighted by atomic mass is 10.3. The molecule has 0 spiro atoms. The summed E-state index contributed by atoms with van der Waals surface area (Å²) in [5.41, 5.74) is 0.388. The summed E-state index contributed by atoms with van der Waals surface area (Å²) in [5.74, 6) is 2.50. The maximum absolute atomic E-state index is 11.9. The van der Waals surface area contributed by atoms with E-state index in [1.807, 2.05) is 24.3 Å². The van der Waals surface area contributed by atoms with E-state index in [-0.39, 0.29) is 12.5 Å². The summed E-state index contributed by atoms with van der Waals surface area (Å²) < 4.78 is 16.4. The highest BCUT2D eigenvalue weighted by Crippen LogP contribution is 2.20. The molecule has 1 aliphatic heterocycles. The highest BCUT2D eigenvalue weighted by atomic mass is 32.1. The zero-order valence-electron chi connectivity index (χ0n) is 13.2. The number of likely N-dealkylation sites (N-methyl/N-ethyl adjacent to an activating group) is 1. The number of thiocarbonyl (C=S) groups is 1. The number of ether oxygens (including phenoxy) is 2. The van der Waals surface area contributed by atoms with Crippen LogP contribution in [-0.2, 0) is 11.4 Å². The van der Waals surface area contributed by atoms with Crippen LogP contribution in [0.25, 0.3) is 6.08 Å². The highest BCUT2D eigenvalue weighted by molar-refractivity contribution is 7.80. The van der Waals surface area contributed by atoms with E-state index < -0.39 is 0 Å². The molecule has 124 valence electrons. The van der Waals surface area contributed by atoms with Gasteiger partial charge in [-0.3, -0.25) is 9.69 Å². The van der Waals surface area contributed by atoms with Crippen LogP contribution in [0.15, 0.2) is 46.5 Å². The van der Waals surface area contributed by atoms with Gasteiger partial charge in [0.25, 0.3) is 5.91 Å². The molecule has 1 aliphatic rings. The Morgan fingerprint density at radius 2 is 1.92 bits per heavy atom. The molecule has 2 aromatic rings. The van der Waals surface area contributed by atoms with Gasteiger partial charge in [0.15, 0.2) is 5.11 Å². The van der Waals surface area contributed by atoms with E-state index in [2.05, 4.69) is 5.32 Å². The predicted octanol–water partition coefficient (Wildman–Crippen LogP) is 2.55. The second-order valence-electron chi connectivity index (χ2n) is 5.12. The molecule has 1 amide bonds. The lowest BCUT2D eigenvalue weighted by molar-refractivity contribution is -0.121. The molecular weight excluding hydrogens is 328 g/mol. The Bertz CT molecular complexity index is 795. The fourth-order valence-corrected chi connectivity index (χ4v) is 2.33. The minimum Gasteiger partial charge on any atom is -0.497 e. The first-order valence-electron chi connectivity index (χ1n) is 7.23. The fourth-order valence-electron chi connectivity index (χ4n) is 2.14. The van der Waals surface area contributed by atoms with Gasteiger partial charge < -0.3 is 19.2 Å². The third kappa shape index (κ3) is 3.41. The van der Waals surface area contributed by atoms with Crippen LogP contribution < -0.4 is 14.8 Å². The van der Waals surface area contributed by atoms with Crippen LogP contribution in [0.1, 0.15) is 11.5 Å². The molecule has 0 bridgehead atoms. The van der Waals surface area contributed by atoms with E-state index in [1.54, 1.807) is 32.4 Å². The summed E-state index contributed by atoms with van der Waals surface area (Å²) in [6, 6.07) is 10.9. The van der Waals surface area contributed by atoms with Crippen molar-refractivity contribution in [3.8, 4) is 11.5 Å². The Morgan fingerprint density at radius 3 is 2.54 bits per heavy atom. The summed E-state index contributed by atoms with van der Waals surface area (Å²) in [6.07, 6.45) is 1.62. The molecule has 6 nitrogen and oxygen atoms in total. The second kappa shape index (κ2) is 6.76. The Labute approximate surface area is 144 Å². The molecule has 1 saturated heterocycles. The van der Waals surface area contributed by atoms with Crippen molar-refractivity contribution in [3.05, 3.63) is 53.6 Å². The number of rotatable bonds is 5. The van der Waals surface area contributed by atoms with Gasteiger partial charge in [-0.05, 0) is 48.6 Å². The van der Waals surface area contributed by atoms with Gasteiger partial charge >= 0.3 is 0 Å². The number of carbonyl (C=O) groups is 1. The van der Waals surface area contributed by atoms with Crippen molar-refractivity contribution in [2.45, 2.75) is 6.61 Å². The van der Waals surface area contributed by atoms with Crippen LogP contribution in [-0.4, -0.2) is 30.1 Å². The summed E-state index contributed by atoms with van der Waals surface area (Å²) in [5, 5.41) is 3.22. The summed E-state index contributed by atoms with van der Waals surface area (Å²) in [4.78, 5) is 13.3. The summed E-state index contributed by atoms with van der Waals surface area (Å²) >= 11 is 5.02. The van der Waals surface area contributed by atoms with Gasteiger partial charge in [0.2, 0.25) is 0 Å². The molecule has 2 heterocycles. The molecule has 0 saturated carbocycles. The van der Waals surface area contributed by atoms with Crippen molar-refractivity contribution in [2.24, 2.45) is 0 Å². The number of amides is 1. The van der Waals surface area contributed by atoms with Crippen molar-refractivity contribution in [2.75, 3.05) is 14.2 Å². The van der Waals surface area contributed by atoms with Gasteiger partial charge in [0.1, 0.15) is 35.3 Å². The summed E-state index contributed by atoms with van der Waals surface area (Å²) in [7, 11) is 3.23. The number of carbonyl (C=O) groups excluding carboxylic acids is 1. The first-order chi connectivity index (χ1) is 11.6. The van der Waals surface area contributed by atoms with Crippen molar-refractivity contribution in [1.82, 2.24) is 10.2 Å². The van der Waals surface area contributed by atoms with Gasteiger partial charge in [0.05, 0.1) is 7.11 Å². The van der Waals surface area contributed by atoms with Gasteiger partial charge in [0, 0.05) is 13.1 Å². The second-order valence-corrected chi connectivity index (χ2v) is 5.51. The molecule has 1 N–H and O–H groups in total. The van der Waals surface area contributed by atoms with Crippen LogP contribution in [0.3, 0.4) is 0 Å². The number of hydrogen-bond donors (Lipinski definition) is 1. The van der Waals surface area contributed by atoms with Gasteiger partial charge in [-0.25, -0.2) is 0 Å². The van der Waals surface area contributed by atoms with Gasteiger partial charge in [-0.15, -0.1) is 0 Å². The third-order valence-corrected chi connectivity index (χ3v) is 3.87. The third-order valence-electron chi connectivity index (χ3n) is 3.49. The van der Waals surface area contributed by atoms with E-state index in [1.165, 1.54) is 4.90 Å². The number of methoxy groups -OCH3 is 1. The molecular formula is C17H16N2O4S. The molecule has 0 aliphatic carbocycles. The molecule has 3 rings (SSSR count). The number of hydrogen-bond acceptors (Lipinski definition) is 5. The van der Waals surface area contributed by atoms with Crippen molar-refractivity contribution in [3.63, 3.8) is 0 Å². The molecule has 7 heteroatoms. The lowest BCUT2D eigenvalue weighted by Gasteiger charge is -2.05. The maximum Gasteiger partial charge on any atom is 0.276 e. The first-order valence-corrected chi connectivity index (χ1v) is 7.64. The standard InChI is InChI=1S/C17H16N2O4S/c1-19-16(20)15(18-17(19)24)9-13-7-8-14(23-13)10-22-12-5-3-11(21-2)4-6-12/h3-9H,10H2,1-2H3,(H,18,24)/b15-9+. The summed E-state index contributed by atoms with van der Waals surface area (Å²) in [6.45, 7) is 0.287. The van der Waals surface area contributed by atoms with E-state index in [0.717, 1.165) is 5.75 Å². The molecule has 0 atom stereocenters. The smallest absolute Gasteiger partial charge is 0.276 e. The van der Waals surface area contributed by atoms with E-state index in [9.17, 15) is 4.79 Å². The van der Waals surface area contributed by atoms with Gasteiger partial charge in [-0.2, -0.15) is 0 Å². The number of nitrogens with one attached hydrogen (secondary N) is 1. The minimum atomic E-state index is -0.188. The van der Waals surface area contributed by atoms with Crippen LogP contribution in [0, 0.1) is 0 Å². The normalized spacial score (nSPS) is 15.8. The first kappa shape index (κ1) is 16.1. The fraction of sp³-hybridized carbons (Fsp3) is 0.176. The predicted molar refractivity (Wildman–Crippen MR) is 92.5 cm³/mol. The minimum absolute atomic E-state index is 0.188. The molecule has 0 radical (unpaired) electrons. The van der Waals surface area contributed by atoms with E-state index >= 15 is 0 Å². The monoisotopic (exact) mass is 344 g/mol. The van der Waals surface area contributed by atoms with Crippen LogP contribution in [0.4, 0.5) is 0 Å². The van der Waals surface area contributed by atoms with Gasteiger partial charge in [-0.1, -0.05) is 0 Å². The molecule has 1 aromatic heterocycles. The lowest BCUT2D eigenvalue weighted by Crippen LogP contribution is -2.25. The van der Waals surface area contributed by atoms with E-state index in [0.29, 0.717) is 28.1 Å². The Kier molecular flexibility index (Phi) is 4.52.